The van der Waals surface area contributed by atoms with Crippen LogP contribution in [0.2, 0.25) is 0 Å². The van der Waals surface area contributed by atoms with Crippen molar-refractivity contribution < 1.29 is 4.79 Å². The standard InChI is InChI=1S/C15H13N5O/c1-11-3-2-4-12(9-11)18-14(21)13-5-6-17-15(19-13)20-8-7-16-10-20/h2-10H,1H3,(H,18,21). The average Bonchev–Trinajstić information content (AvgIpc) is 3.02. The van der Waals surface area contributed by atoms with E-state index in [2.05, 4.69) is 20.3 Å². The molecule has 0 aliphatic carbocycles. The van der Waals surface area contributed by atoms with Crippen LogP contribution >= 0.6 is 0 Å². The van der Waals surface area contributed by atoms with E-state index in [0.29, 0.717) is 11.6 Å². The van der Waals surface area contributed by atoms with Crippen LogP contribution in [0.4, 0.5) is 5.69 Å². The van der Waals surface area contributed by atoms with E-state index in [1.54, 1.807) is 35.6 Å². The van der Waals surface area contributed by atoms with Gasteiger partial charge in [0, 0.05) is 24.3 Å². The monoisotopic (exact) mass is 279 g/mol. The third-order valence-corrected chi connectivity index (χ3v) is 2.89. The molecule has 2 aromatic heterocycles. The maximum Gasteiger partial charge on any atom is 0.274 e. The average molecular weight is 279 g/mol. The van der Waals surface area contributed by atoms with Crippen LogP contribution in [0.5, 0.6) is 0 Å². The van der Waals surface area contributed by atoms with Crippen molar-refractivity contribution in [2.75, 3.05) is 5.32 Å². The fourth-order valence-corrected chi connectivity index (χ4v) is 1.89. The van der Waals surface area contributed by atoms with Crippen LogP contribution in [0.1, 0.15) is 16.1 Å². The molecule has 0 fully saturated rings. The van der Waals surface area contributed by atoms with Crippen LogP contribution in [0.25, 0.3) is 5.95 Å². The first-order valence-electron chi connectivity index (χ1n) is 6.42. The molecule has 1 amide bonds. The predicted molar refractivity (Wildman–Crippen MR) is 78.3 cm³/mol. The van der Waals surface area contributed by atoms with Gasteiger partial charge in [0.25, 0.3) is 5.91 Å². The van der Waals surface area contributed by atoms with Gasteiger partial charge in [-0.3, -0.25) is 9.36 Å². The molecular formula is C15H13N5O. The largest absolute Gasteiger partial charge is 0.321 e. The Hall–Kier alpha value is -3.02. The van der Waals surface area contributed by atoms with E-state index in [1.165, 1.54) is 0 Å². The minimum Gasteiger partial charge on any atom is -0.321 e. The van der Waals surface area contributed by atoms with E-state index in [4.69, 9.17) is 0 Å². The second-order valence-corrected chi connectivity index (χ2v) is 4.54. The number of hydrogen-bond donors (Lipinski definition) is 1. The second kappa shape index (κ2) is 5.54. The van der Waals surface area contributed by atoms with Gasteiger partial charge in [-0.15, -0.1) is 0 Å². The first kappa shape index (κ1) is 13.0. The lowest BCUT2D eigenvalue weighted by Crippen LogP contribution is -2.15. The number of amides is 1. The lowest BCUT2D eigenvalue weighted by molar-refractivity contribution is 0.102. The lowest BCUT2D eigenvalue weighted by Gasteiger charge is -2.06. The highest BCUT2D eigenvalue weighted by Gasteiger charge is 2.10. The van der Waals surface area contributed by atoms with Gasteiger partial charge in [-0.1, -0.05) is 12.1 Å². The summed E-state index contributed by atoms with van der Waals surface area (Å²) >= 11 is 0. The summed E-state index contributed by atoms with van der Waals surface area (Å²) in [5.41, 5.74) is 2.12. The quantitative estimate of drug-likeness (QED) is 0.798. The van der Waals surface area contributed by atoms with Gasteiger partial charge >= 0.3 is 0 Å². The zero-order chi connectivity index (χ0) is 14.7. The highest BCUT2D eigenvalue weighted by atomic mass is 16.1. The first-order chi connectivity index (χ1) is 10.2. The van der Waals surface area contributed by atoms with Gasteiger partial charge in [0.1, 0.15) is 12.0 Å². The number of carbonyl (C=O) groups is 1. The number of nitrogens with zero attached hydrogens (tertiary/aromatic N) is 4. The van der Waals surface area contributed by atoms with Gasteiger partial charge in [0.2, 0.25) is 5.95 Å². The highest BCUT2D eigenvalue weighted by molar-refractivity contribution is 6.02. The molecule has 1 N–H and O–H groups in total. The topological polar surface area (TPSA) is 72.7 Å². The van der Waals surface area contributed by atoms with Crippen molar-refractivity contribution >= 4 is 11.6 Å². The molecule has 0 unspecified atom stereocenters. The molecule has 0 aliphatic heterocycles. The van der Waals surface area contributed by atoms with E-state index in [0.717, 1.165) is 11.3 Å². The van der Waals surface area contributed by atoms with Gasteiger partial charge in [0.15, 0.2) is 0 Å². The molecule has 104 valence electrons. The number of aromatic nitrogens is 4. The molecule has 0 spiro atoms. The van der Waals surface area contributed by atoms with Crippen LogP contribution in [0.15, 0.2) is 55.2 Å². The van der Waals surface area contributed by atoms with Gasteiger partial charge in [-0.05, 0) is 30.7 Å². The third-order valence-electron chi connectivity index (χ3n) is 2.89. The Morgan fingerprint density at radius 2 is 2.14 bits per heavy atom. The smallest absolute Gasteiger partial charge is 0.274 e. The lowest BCUT2D eigenvalue weighted by atomic mass is 10.2. The van der Waals surface area contributed by atoms with E-state index < -0.39 is 0 Å². The number of aryl methyl sites for hydroxylation is 1. The maximum atomic E-state index is 12.2. The van der Waals surface area contributed by atoms with Crippen molar-refractivity contribution in [3.63, 3.8) is 0 Å². The van der Waals surface area contributed by atoms with Crippen LogP contribution in [-0.2, 0) is 0 Å². The molecule has 3 rings (SSSR count). The summed E-state index contributed by atoms with van der Waals surface area (Å²) in [4.78, 5) is 24.5. The SMILES string of the molecule is Cc1cccc(NC(=O)c2ccnc(-n3ccnc3)n2)c1. The molecular weight excluding hydrogens is 266 g/mol. The number of nitrogens with one attached hydrogen (secondary N) is 1. The molecule has 0 saturated carbocycles. The third kappa shape index (κ3) is 2.94. The highest BCUT2D eigenvalue weighted by Crippen LogP contribution is 2.11. The number of benzene rings is 1. The Kier molecular flexibility index (Phi) is 3.42. The number of anilines is 1. The summed E-state index contributed by atoms with van der Waals surface area (Å²) in [6, 6.07) is 9.17. The summed E-state index contributed by atoms with van der Waals surface area (Å²) in [5, 5.41) is 2.82. The molecule has 0 radical (unpaired) electrons. The van der Waals surface area contributed by atoms with E-state index in [-0.39, 0.29) is 5.91 Å². The molecule has 6 heteroatoms. The predicted octanol–water partition coefficient (Wildman–Crippen LogP) is 2.22. The molecule has 21 heavy (non-hydrogen) atoms. The summed E-state index contributed by atoms with van der Waals surface area (Å²) in [5.74, 6) is 0.133. The number of carbonyl (C=O) groups excluding carboxylic acids is 1. The molecule has 1 aromatic carbocycles. The molecule has 0 bridgehead atoms. The Morgan fingerprint density at radius 1 is 1.24 bits per heavy atom. The van der Waals surface area contributed by atoms with Gasteiger partial charge in [-0.25, -0.2) is 15.0 Å². The summed E-state index contributed by atoms with van der Waals surface area (Å²) in [6.07, 6.45) is 6.48. The molecule has 3 aromatic rings. The molecule has 0 saturated heterocycles. The van der Waals surface area contributed by atoms with Crippen LogP contribution in [0, 0.1) is 6.92 Å². The van der Waals surface area contributed by atoms with Crippen molar-refractivity contribution in [1.29, 1.82) is 0 Å². The maximum absolute atomic E-state index is 12.2. The molecule has 6 nitrogen and oxygen atoms in total. The van der Waals surface area contributed by atoms with Crippen molar-refractivity contribution in [3.8, 4) is 5.95 Å². The van der Waals surface area contributed by atoms with Crippen molar-refractivity contribution in [3.05, 3.63) is 66.5 Å². The number of imidazole rings is 1. The van der Waals surface area contributed by atoms with Gasteiger partial charge in [-0.2, -0.15) is 0 Å². The Balaban J connectivity index is 1.83. The van der Waals surface area contributed by atoms with Crippen LogP contribution < -0.4 is 5.32 Å². The Labute approximate surface area is 121 Å². The van der Waals surface area contributed by atoms with E-state index >= 15 is 0 Å². The van der Waals surface area contributed by atoms with Gasteiger partial charge in [0.05, 0.1) is 0 Å². The molecule has 0 aliphatic rings. The van der Waals surface area contributed by atoms with Crippen molar-refractivity contribution in [1.82, 2.24) is 19.5 Å². The Morgan fingerprint density at radius 3 is 2.90 bits per heavy atom. The first-order valence-corrected chi connectivity index (χ1v) is 6.42. The number of hydrogen-bond acceptors (Lipinski definition) is 4. The second-order valence-electron chi connectivity index (χ2n) is 4.54. The zero-order valence-corrected chi connectivity index (χ0v) is 11.4. The normalized spacial score (nSPS) is 10.3. The molecule has 2 heterocycles. The number of rotatable bonds is 3. The Bertz CT molecular complexity index is 767. The zero-order valence-electron chi connectivity index (χ0n) is 11.4. The summed E-state index contributed by atoms with van der Waals surface area (Å²) < 4.78 is 1.64. The minimum atomic E-state index is -0.274. The fourth-order valence-electron chi connectivity index (χ4n) is 1.89. The van der Waals surface area contributed by atoms with Crippen molar-refractivity contribution in [2.45, 2.75) is 6.92 Å². The van der Waals surface area contributed by atoms with E-state index in [1.807, 2.05) is 31.2 Å². The fraction of sp³-hybridized carbons (Fsp3) is 0.0667. The molecule has 0 atom stereocenters. The minimum absolute atomic E-state index is 0.274. The summed E-state index contributed by atoms with van der Waals surface area (Å²) in [7, 11) is 0. The van der Waals surface area contributed by atoms with E-state index in [9.17, 15) is 4.79 Å². The van der Waals surface area contributed by atoms with Crippen LogP contribution in [-0.4, -0.2) is 25.4 Å². The van der Waals surface area contributed by atoms with Gasteiger partial charge < -0.3 is 5.32 Å². The summed E-state index contributed by atoms with van der Waals surface area (Å²) in [6.45, 7) is 1.97. The van der Waals surface area contributed by atoms with Crippen LogP contribution in [0.3, 0.4) is 0 Å². The van der Waals surface area contributed by atoms with Crippen molar-refractivity contribution in [2.24, 2.45) is 0 Å².